The lowest BCUT2D eigenvalue weighted by Crippen LogP contribution is -2.01. The third-order valence-electron chi connectivity index (χ3n) is 4.72. The molecule has 0 radical (unpaired) electrons. The first kappa shape index (κ1) is 14.0. The van der Waals surface area contributed by atoms with Gasteiger partial charge in [-0.1, -0.05) is 42.5 Å². The Kier molecular flexibility index (Phi) is 2.98. The Morgan fingerprint density at radius 3 is 2.36 bits per heavy atom. The van der Waals surface area contributed by atoms with Crippen LogP contribution in [0, 0.1) is 0 Å². The Morgan fingerprint density at radius 2 is 1.48 bits per heavy atom. The summed E-state index contributed by atoms with van der Waals surface area (Å²) in [6, 6.07) is 20.8. The van der Waals surface area contributed by atoms with E-state index in [0.29, 0.717) is 11.3 Å². The van der Waals surface area contributed by atoms with Crippen molar-refractivity contribution >= 4 is 38.1 Å². The summed E-state index contributed by atoms with van der Waals surface area (Å²) in [4.78, 5) is 12.3. The minimum absolute atomic E-state index is 0.0418. The maximum absolute atomic E-state index is 12.3. The Labute approximate surface area is 144 Å². The second kappa shape index (κ2) is 5.32. The first-order valence-electron chi connectivity index (χ1n) is 8.24. The van der Waals surface area contributed by atoms with E-state index in [1.807, 2.05) is 24.3 Å². The van der Waals surface area contributed by atoms with Crippen LogP contribution in [0.25, 0.3) is 32.3 Å². The number of carbonyl (C=O) groups excluding carboxylic acids is 1. The molecule has 0 N–H and O–H groups in total. The monoisotopic (exact) mass is 322 g/mol. The van der Waals surface area contributed by atoms with Crippen molar-refractivity contribution in [3.8, 4) is 5.75 Å². The van der Waals surface area contributed by atoms with Crippen molar-refractivity contribution in [2.45, 2.75) is 0 Å². The molecule has 4 aromatic rings. The molecule has 0 saturated carbocycles. The second-order valence-electron chi connectivity index (χ2n) is 6.19. The maximum atomic E-state index is 12.3. The number of benzene rings is 4. The first-order valence-corrected chi connectivity index (χ1v) is 8.24. The fourth-order valence-electron chi connectivity index (χ4n) is 3.51. The van der Waals surface area contributed by atoms with Gasteiger partial charge in [0.1, 0.15) is 5.75 Å². The van der Waals surface area contributed by atoms with Gasteiger partial charge in [-0.3, -0.25) is 4.79 Å². The number of rotatable bonds is 0. The van der Waals surface area contributed by atoms with Crippen LogP contribution < -0.4 is 4.74 Å². The van der Waals surface area contributed by atoms with Crippen molar-refractivity contribution < 1.29 is 9.53 Å². The molecule has 0 fully saturated rings. The lowest BCUT2D eigenvalue weighted by molar-refractivity contribution is 0.104. The van der Waals surface area contributed by atoms with Crippen LogP contribution in [0.15, 0.2) is 85.2 Å². The molecule has 2 nitrogen and oxygen atoms in total. The van der Waals surface area contributed by atoms with Gasteiger partial charge in [0.15, 0.2) is 5.78 Å². The Hall–Kier alpha value is -3.39. The van der Waals surface area contributed by atoms with E-state index in [2.05, 4.69) is 36.4 Å². The van der Waals surface area contributed by atoms with Gasteiger partial charge in [-0.15, -0.1) is 0 Å². The minimum atomic E-state index is -0.0418. The summed E-state index contributed by atoms with van der Waals surface area (Å²) in [6.07, 6.45) is 6.61. The van der Waals surface area contributed by atoms with Crippen molar-refractivity contribution in [2.24, 2.45) is 0 Å². The molecule has 25 heavy (non-hydrogen) atoms. The zero-order chi connectivity index (χ0) is 16.8. The summed E-state index contributed by atoms with van der Waals surface area (Å²) < 4.78 is 5.80. The highest BCUT2D eigenvalue weighted by Crippen LogP contribution is 2.37. The van der Waals surface area contributed by atoms with E-state index >= 15 is 0 Å². The number of hydrogen-bond donors (Lipinski definition) is 0. The standard InChI is InChI=1S/C23H14O2/c24-22-7-3-4-12-25-23-19-9-8-17-13-15-5-1-2-6-16(15)14-21(17)18(19)10-11-20(22)23/h1-14H/b7-3-,12-4-. The van der Waals surface area contributed by atoms with Crippen LogP contribution in [-0.4, -0.2) is 5.78 Å². The number of allylic oxidation sites excluding steroid dienone is 3. The number of fused-ring (bicyclic) bond motifs is 6. The number of hydrogen-bond acceptors (Lipinski definition) is 2. The summed E-state index contributed by atoms with van der Waals surface area (Å²) in [5.41, 5.74) is 0.591. The Bertz CT molecular complexity index is 1230. The molecular weight excluding hydrogens is 308 g/mol. The molecule has 0 aliphatic carbocycles. The van der Waals surface area contributed by atoms with Crippen molar-refractivity contribution in [1.29, 1.82) is 0 Å². The van der Waals surface area contributed by atoms with Crippen LogP contribution in [0.1, 0.15) is 10.4 Å². The zero-order valence-corrected chi connectivity index (χ0v) is 13.4. The van der Waals surface area contributed by atoms with E-state index in [4.69, 9.17) is 4.74 Å². The van der Waals surface area contributed by atoms with E-state index in [-0.39, 0.29) is 5.78 Å². The van der Waals surface area contributed by atoms with Crippen molar-refractivity contribution in [3.63, 3.8) is 0 Å². The summed E-state index contributed by atoms with van der Waals surface area (Å²) >= 11 is 0. The van der Waals surface area contributed by atoms with Gasteiger partial charge in [0, 0.05) is 5.39 Å². The second-order valence-corrected chi connectivity index (χ2v) is 6.19. The average Bonchev–Trinajstić information content (AvgIpc) is 2.63. The normalized spacial score (nSPS) is 16.2. The molecule has 0 bridgehead atoms. The molecule has 0 spiro atoms. The van der Waals surface area contributed by atoms with Gasteiger partial charge in [-0.25, -0.2) is 0 Å². The molecule has 4 aromatic carbocycles. The molecule has 1 heterocycles. The van der Waals surface area contributed by atoms with Crippen LogP contribution in [0.2, 0.25) is 0 Å². The van der Waals surface area contributed by atoms with Crippen molar-refractivity contribution in [2.75, 3.05) is 0 Å². The minimum Gasteiger partial charge on any atom is -0.464 e. The number of carbonyl (C=O) groups is 1. The molecule has 0 aromatic heterocycles. The zero-order valence-electron chi connectivity index (χ0n) is 13.4. The summed E-state index contributed by atoms with van der Waals surface area (Å²) in [5, 5.41) is 6.81. The fourth-order valence-corrected chi connectivity index (χ4v) is 3.51. The van der Waals surface area contributed by atoms with Crippen molar-refractivity contribution in [1.82, 2.24) is 0 Å². The van der Waals surface area contributed by atoms with Gasteiger partial charge in [-0.2, -0.15) is 0 Å². The predicted molar refractivity (Wildman–Crippen MR) is 102 cm³/mol. The molecule has 5 rings (SSSR count). The Balaban J connectivity index is 1.89. The molecule has 118 valence electrons. The van der Waals surface area contributed by atoms with Gasteiger partial charge >= 0.3 is 0 Å². The summed E-state index contributed by atoms with van der Waals surface area (Å²) in [5.74, 6) is 0.581. The smallest absolute Gasteiger partial charge is 0.189 e. The highest BCUT2D eigenvalue weighted by molar-refractivity contribution is 6.17. The van der Waals surface area contributed by atoms with Crippen LogP contribution in [0.4, 0.5) is 0 Å². The molecule has 0 atom stereocenters. The molecule has 0 amide bonds. The largest absolute Gasteiger partial charge is 0.464 e. The van der Waals surface area contributed by atoms with Gasteiger partial charge < -0.3 is 4.74 Å². The van der Waals surface area contributed by atoms with E-state index in [1.54, 1.807) is 24.5 Å². The SMILES string of the molecule is O=C1/C=C\C=C/Oc2c1ccc1c2ccc2cc3ccccc3cc21. The highest BCUT2D eigenvalue weighted by atomic mass is 16.5. The predicted octanol–water partition coefficient (Wildman–Crippen LogP) is 5.79. The van der Waals surface area contributed by atoms with E-state index in [0.717, 1.165) is 16.2 Å². The van der Waals surface area contributed by atoms with Gasteiger partial charge in [-0.05, 0) is 63.3 Å². The van der Waals surface area contributed by atoms with Crippen LogP contribution in [-0.2, 0) is 0 Å². The lowest BCUT2D eigenvalue weighted by atomic mass is 9.95. The molecule has 1 aliphatic rings. The van der Waals surface area contributed by atoms with Gasteiger partial charge in [0.25, 0.3) is 0 Å². The quantitative estimate of drug-likeness (QED) is 0.302. The first-order chi connectivity index (χ1) is 12.3. The fraction of sp³-hybridized carbons (Fsp3) is 0. The number of ether oxygens (including phenoxy) is 1. The molecule has 0 unspecified atom stereocenters. The van der Waals surface area contributed by atoms with Gasteiger partial charge in [0.05, 0.1) is 11.8 Å². The highest BCUT2D eigenvalue weighted by Gasteiger charge is 2.16. The van der Waals surface area contributed by atoms with Crippen LogP contribution in [0.3, 0.4) is 0 Å². The topological polar surface area (TPSA) is 26.3 Å². The molecule has 2 heteroatoms. The summed E-state index contributed by atoms with van der Waals surface area (Å²) in [7, 11) is 0. The van der Waals surface area contributed by atoms with Crippen molar-refractivity contribution in [3.05, 3.63) is 90.7 Å². The molecule has 0 saturated heterocycles. The summed E-state index contributed by atoms with van der Waals surface area (Å²) in [6.45, 7) is 0. The third kappa shape index (κ3) is 2.15. The third-order valence-corrected chi connectivity index (χ3v) is 4.72. The number of ketones is 1. The van der Waals surface area contributed by atoms with Gasteiger partial charge in [0.2, 0.25) is 0 Å². The average molecular weight is 322 g/mol. The lowest BCUT2D eigenvalue weighted by Gasteiger charge is -2.13. The van der Waals surface area contributed by atoms with Crippen LogP contribution >= 0.6 is 0 Å². The molecule has 1 aliphatic heterocycles. The van der Waals surface area contributed by atoms with E-state index in [1.165, 1.54) is 16.2 Å². The molecular formula is C23H14O2. The van der Waals surface area contributed by atoms with E-state index < -0.39 is 0 Å². The Morgan fingerprint density at radius 1 is 0.680 bits per heavy atom. The van der Waals surface area contributed by atoms with Crippen LogP contribution in [0.5, 0.6) is 5.75 Å². The maximum Gasteiger partial charge on any atom is 0.189 e. The van der Waals surface area contributed by atoms with E-state index in [9.17, 15) is 4.79 Å².